The minimum Gasteiger partial charge on any atom is -0.366 e. The van der Waals surface area contributed by atoms with Crippen molar-refractivity contribution < 1.29 is 9.53 Å². The van der Waals surface area contributed by atoms with Crippen LogP contribution in [-0.2, 0) is 9.53 Å². The maximum atomic E-state index is 12.3. The van der Waals surface area contributed by atoms with E-state index in [4.69, 9.17) is 4.74 Å². The molecule has 2 saturated heterocycles. The van der Waals surface area contributed by atoms with Gasteiger partial charge < -0.3 is 9.64 Å². The molecule has 2 rings (SSSR count). The SMILES string of the molecule is CC1CN2CCCCC2CN1C(=O)COC(C)(C)C. The number of amides is 1. The van der Waals surface area contributed by atoms with Crippen LogP contribution < -0.4 is 0 Å². The molecule has 0 spiro atoms. The maximum Gasteiger partial charge on any atom is 0.248 e. The molecule has 1 amide bonds. The largest absolute Gasteiger partial charge is 0.366 e. The normalized spacial score (nSPS) is 29.2. The molecular formula is C15H28N2O2. The predicted molar refractivity (Wildman–Crippen MR) is 76.1 cm³/mol. The molecule has 2 fully saturated rings. The second-order valence-corrected chi connectivity index (χ2v) is 6.94. The van der Waals surface area contributed by atoms with Gasteiger partial charge in [0.2, 0.25) is 5.91 Å². The first-order valence-electron chi connectivity index (χ1n) is 7.54. The van der Waals surface area contributed by atoms with Crippen molar-refractivity contribution in [3.05, 3.63) is 0 Å². The van der Waals surface area contributed by atoms with Gasteiger partial charge in [-0.25, -0.2) is 0 Å². The summed E-state index contributed by atoms with van der Waals surface area (Å²) in [5.74, 6) is 0.146. The zero-order valence-electron chi connectivity index (χ0n) is 12.8. The number of rotatable bonds is 2. The number of hydrogen-bond acceptors (Lipinski definition) is 3. The lowest BCUT2D eigenvalue weighted by Gasteiger charge is -2.47. The fourth-order valence-electron chi connectivity index (χ4n) is 3.06. The predicted octanol–water partition coefficient (Wildman–Crippen LogP) is 1.89. The van der Waals surface area contributed by atoms with Crippen molar-refractivity contribution in [3.63, 3.8) is 0 Å². The summed E-state index contributed by atoms with van der Waals surface area (Å²) < 4.78 is 5.62. The molecule has 0 bridgehead atoms. The van der Waals surface area contributed by atoms with Crippen molar-refractivity contribution in [1.82, 2.24) is 9.80 Å². The fraction of sp³-hybridized carbons (Fsp3) is 0.933. The molecule has 110 valence electrons. The number of carbonyl (C=O) groups is 1. The highest BCUT2D eigenvalue weighted by Crippen LogP contribution is 2.24. The summed E-state index contributed by atoms with van der Waals surface area (Å²) in [7, 11) is 0. The summed E-state index contributed by atoms with van der Waals surface area (Å²) in [4.78, 5) is 16.9. The number of piperazine rings is 1. The van der Waals surface area contributed by atoms with Crippen molar-refractivity contribution in [2.24, 2.45) is 0 Å². The van der Waals surface area contributed by atoms with Crippen LogP contribution in [0.25, 0.3) is 0 Å². The minimum absolute atomic E-state index is 0.146. The Morgan fingerprint density at radius 2 is 2.00 bits per heavy atom. The second kappa shape index (κ2) is 5.80. The monoisotopic (exact) mass is 268 g/mol. The van der Waals surface area contributed by atoms with Crippen LogP contribution in [-0.4, -0.2) is 59.6 Å². The van der Waals surface area contributed by atoms with Crippen LogP contribution in [0.4, 0.5) is 0 Å². The molecule has 0 aromatic rings. The van der Waals surface area contributed by atoms with Crippen LogP contribution >= 0.6 is 0 Å². The van der Waals surface area contributed by atoms with Crippen LogP contribution in [0, 0.1) is 0 Å². The van der Waals surface area contributed by atoms with E-state index in [1.165, 1.54) is 25.8 Å². The Kier molecular flexibility index (Phi) is 4.51. The van der Waals surface area contributed by atoms with Crippen molar-refractivity contribution in [2.75, 3.05) is 26.2 Å². The molecular weight excluding hydrogens is 240 g/mol. The lowest BCUT2D eigenvalue weighted by atomic mass is 9.97. The third-order valence-electron chi connectivity index (χ3n) is 4.14. The Balaban J connectivity index is 1.90. The third-order valence-corrected chi connectivity index (χ3v) is 4.14. The Morgan fingerprint density at radius 1 is 1.26 bits per heavy atom. The first-order chi connectivity index (χ1) is 8.87. The molecule has 0 aromatic carbocycles. The zero-order chi connectivity index (χ0) is 14.0. The van der Waals surface area contributed by atoms with E-state index in [1.54, 1.807) is 0 Å². The van der Waals surface area contributed by atoms with Gasteiger partial charge in [0.05, 0.1) is 5.60 Å². The molecule has 0 radical (unpaired) electrons. The van der Waals surface area contributed by atoms with Gasteiger partial charge in [-0.15, -0.1) is 0 Å². The van der Waals surface area contributed by atoms with Crippen LogP contribution in [0.5, 0.6) is 0 Å². The molecule has 4 heteroatoms. The first kappa shape index (κ1) is 14.8. The number of hydrogen-bond donors (Lipinski definition) is 0. The summed E-state index contributed by atoms with van der Waals surface area (Å²) in [5.41, 5.74) is -0.244. The lowest BCUT2D eigenvalue weighted by Crippen LogP contribution is -2.60. The number of ether oxygens (including phenoxy) is 1. The second-order valence-electron chi connectivity index (χ2n) is 6.94. The number of fused-ring (bicyclic) bond motifs is 1. The van der Waals surface area contributed by atoms with Crippen molar-refractivity contribution >= 4 is 5.91 Å². The van der Waals surface area contributed by atoms with Crippen LogP contribution in [0.2, 0.25) is 0 Å². The van der Waals surface area contributed by atoms with E-state index in [2.05, 4.69) is 11.8 Å². The molecule has 2 aliphatic heterocycles. The van der Waals surface area contributed by atoms with E-state index < -0.39 is 0 Å². The quantitative estimate of drug-likeness (QED) is 0.766. The highest BCUT2D eigenvalue weighted by atomic mass is 16.5. The van der Waals surface area contributed by atoms with Gasteiger partial charge in [-0.1, -0.05) is 6.42 Å². The summed E-state index contributed by atoms with van der Waals surface area (Å²) >= 11 is 0. The van der Waals surface area contributed by atoms with E-state index in [9.17, 15) is 4.79 Å². The van der Waals surface area contributed by atoms with Gasteiger partial charge in [-0.2, -0.15) is 0 Å². The van der Waals surface area contributed by atoms with Crippen molar-refractivity contribution in [1.29, 1.82) is 0 Å². The van der Waals surface area contributed by atoms with E-state index in [0.29, 0.717) is 12.1 Å². The summed E-state index contributed by atoms with van der Waals surface area (Å²) in [6.45, 7) is 11.4. The Labute approximate surface area is 117 Å². The molecule has 19 heavy (non-hydrogen) atoms. The first-order valence-corrected chi connectivity index (χ1v) is 7.54. The topological polar surface area (TPSA) is 32.8 Å². The van der Waals surface area contributed by atoms with Gasteiger partial charge in [-0.05, 0) is 47.1 Å². The molecule has 0 aliphatic carbocycles. The molecule has 0 saturated carbocycles. The summed E-state index contributed by atoms with van der Waals surface area (Å²) in [6, 6.07) is 0.883. The minimum atomic E-state index is -0.244. The van der Waals surface area contributed by atoms with Gasteiger partial charge in [0.25, 0.3) is 0 Å². The van der Waals surface area contributed by atoms with Crippen LogP contribution in [0.1, 0.15) is 47.0 Å². The van der Waals surface area contributed by atoms with Crippen molar-refractivity contribution in [2.45, 2.75) is 64.6 Å². The van der Waals surface area contributed by atoms with E-state index in [-0.39, 0.29) is 18.1 Å². The van der Waals surface area contributed by atoms with E-state index >= 15 is 0 Å². The smallest absolute Gasteiger partial charge is 0.248 e. The van der Waals surface area contributed by atoms with E-state index in [0.717, 1.165) is 13.1 Å². The molecule has 0 aromatic heterocycles. The fourth-order valence-corrected chi connectivity index (χ4v) is 3.06. The summed E-state index contributed by atoms with van der Waals surface area (Å²) in [5, 5.41) is 0. The summed E-state index contributed by atoms with van der Waals surface area (Å²) in [6.07, 6.45) is 3.84. The number of carbonyl (C=O) groups excluding carboxylic acids is 1. The number of piperidine rings is 1. The molecule has 0 N–H and O–H groups in total. The highest BCUT2D eigenvalue weighted by Gasteiger charge is 2.35. The average molecular weight is 268 g/mol. The average Bonchev–Trinajstić information content (AvgIpc) is 2.34. The van der Waals surface area contributed by atoms with Gasteiger partial charge in [-0.3, -0.25) is 9.69 Å². The van der Waals surface area contributed by atoms with Gasteiger partial charge in [0, 0.05) is 25.2 Å². The van der Waals surface area contributed by atoms with Crippen molar-refractivity contribution in [3.8, 4) is 0 Å². The van der Waals surface area contributed by atoms with Crippen LogP contribution in [0.3, 0.4) is 0 Å². The van der Waals surface area contributed by atoms with Gasteiger partial charge in [0.1, 0.15) is 6.61 Å². The molecule has 2 unspecified atom stereocenters. The van der Waals surface area contributed by atoms with Gasteiger partial charge >= 0.3 is 0 Å². The Bertz CT molecular complexity index is 325. The molecule has 4 nitrogen and oxygen atoms in total. The van der Waals surface area contributed by atoms with Crippen LogP contribution in [0.15, 0.2) is 0 Å². The van der Waals surface area contributed by atoms with Gasteiger partial charge in [0.15, 0.2) is 0 Å². The number of nitrogens with zero attached hydrogens (tertiary/aromatic N) is 2. The van der Waals surface area contributed by atoms with E-state index in [1.807, 2.05) is 25.7 Å². The maximum absolute atomic E-state index is 12.3. The zero-order valence-corrected chi connectivity index (χ0v) is 12.8. The Hall–Kier alpha value is -0.610. The highest BCUT2D eigenvalue weighted by molar-refractivity contribution is 5.78. The Morgan fingerprint density at radius 3 is 2.68 bits per heavy atom. The lowest BCUT2D eigenvalue weighted by molar-refractivity contribution is -0.147. The molecule has 2 heterocycles. The standard InChI is InChI=1S/C15H28N2O2/c1-12-9-16-8-6-5-7-13(16)10-17(12)14(18)11-19-15(2,3)4/h12-13H,5-11H2,1-4H3. The molecule has 2 atom stereocenters. The molecule has 2 aliphatic rings. The third kappa shape index (κ3) is 3.93.